The molecular formula is C27H27N3O4S. The number of carbonyl (C=O) groups is 1. The standard InChI is InChI=1S/C27H27N3O4S/c1-28-27(32)18-8-6-17(7-9-18)20-12-19-10-11-34-26(19)25(14-20)35(33)30-22(16-31)13-21-15-29-24-5-3-2-4-23(21)24/h2-9,12,14-15,22,29-31H,10-11,13,16H2,1H3,(H,28,32)/t22-,35?/m1/s1. The first-order valence-corrected chi connectivity index (χ1v) is 12.7. The summed E-state index contributed by atoms with van der Waals surface area (Å²) in [6.07, 6.45) is 3.19. The number of H-pyrrole nitrogens is 1. The highest BCUT2D eigenvalue weighted by Gasteiger charge is 2.24. The average Bonchev–Trinajstić information content (AvgIpc) is 3.54. The molecule has 0 radical (unpaired) electrons. The third kappa shape index (κ3) is 4.73. The molecule has 1 unspecified atom stereocenters. The average molecular weight is 490 g/mol. The van der Waals surface area contributed by atoms with Gasteiger partial charge in [-0.25, -0.2) is 8.93 Å². The fraction of sp³-hybridized carbons (Fsp3) is 0.222. The molecule has 3 aromatic carbocycles. The van der Waals surface area contributed by atoms with E-state index in [2.05, 4.69) is 15.0 Å². The van der Waals surface area contributed by atoms with Crippen LogP contribution in [-0.2, 0) is 23.8 Å². The van der Waals surface area contributed by atoms with Gasteiger partial charge in [0.1, 0.15) is 16.7 Å². The van der Waals surface area contributed by atoms with Gasteiger partial charge < -0.3 is 20.1 Å². The first kappa shape index (κ1) is 23.3. The van der Waals surface area contributed by atoms with Gasteiger partial charge in [-0.2, -0.15) is 0 Å². The number of rotatable bonds is 8. The molecule has 35 heavy (non-hydrogen) atoms. The second-order valence-corrected chi connectivity index (χ2v) is 9.76. The Balaban J connectivity index is 1.41. The van der Waals surface area contributed by atoms with E-state index in [1.807, 2.05) is 54.7 Å². The van der Waals surface area contributed by atoms with Gasteiger partial charge in [0, 0.05) is 42.2 Å². The summed E-state index contributed by atoms with van der Waals surface area (Å²) in [5.74, 6) is 0.500. The third-order valence-electron chi connectivity index (χ3n) is 6.29. The molecule has 1 aliphatic rings. The molecule has 1 amide bonds. The number of nitrogens with one attached hydrogen (secondary N) is 3. The molecule has 1 aliphatic heterocycles. The molecule has 0 bridgehead atoms. The Morgan fingerprint density at radius 1 is 1.14 bits per heavy atom. The molecule has 0 saturated carbocycles. The number of hydrogen-bond acceptors (Lipinski definition) is 4. The van der Waals surface area contributed by atoms with E-state index in [0.717, 1.165) is 39.6 Å². The van der Waals surface area contributed by atoms with Crippen molar-refractivity contribution in [1.29, 1.82) is 0 Å². The highest BCUT2D eigenvalue weighted by molar-refractivity contribution is 7.83. The topological polar surface area (TPSA) is 103 Å². The van der Waals surface area contributed by atoms with E-state index in [-0.39, 0.29) is 12.5 Å². The number of hydrogen-bond donors (Lipinski definition) is 4. The maximum absolute atomic E-state index is 13.5. The zero-order valence-electron chi connectivity index (χ0n) is 19.3. The van der Waals surface area contributed by atoms with Crippen LogP contribution in [0.1, 0.15) is 21.5 Å². The zero-order valence-corrected chi connectivity index (χ0v) is 20.2. The molecule has 7 nitrogen and oxygen atoms in total. The molecule has 180 valence electrons. The van der Waals surface area contributed by atoms with E-state index in [9.17, 15) is 14.1 Å². The SMILES string of the molecule is CNC(=O)c1ccc(-c2cc3c(c(S(=O)N[C@@H](CO)Cc4c[nH]c5ccccc45)c2)OCC3)cc1. The fourth-order valence-corrected chi connectivity index (χ4v) is 5.64. The van der Waals surface area contributed by atoms with Crippen molar-refractivity contribution in [3.8, 4) is 16.9 Å². The molecule has 0 spiro atoms. The van der Waals surface area contributed by atoms with Crippen molar-refractivity contribution in [1.82, 2.24) is 15.0 Å². The van der Waals surface area contributed by atoms with E-state index >= 15 is 0 Å². The first-order valence-electron chi connectivity index (χ1n) is 11.5. The molecule has 0 saturated heterocycles. The number of fused-ring (bicyclic) bond motifs is 2. The zero-order chi connectivity index (χ0) is 24.4. The summed E-state index contributed by atoms with van der Waals surface area (Å²) in [6.45, 7) is 0.381. The number of ether oxygens (including phenoxy) is 1. The molecule has 5 rings (SSSR count). The molecular weight excluding hydrogens is 462 g/mol. The van der Waals surface area contributed by atoms with Crippen molar-refractivity contribution >= 4 is 27.8 Å². The molecule has 4 N–H and O–H groups in total. The Morgan fingerprint density at radius 3 is 2.71 bits per heavy atom. The second kappa shape index (κ2) is 10.0. The number of aliphatic hydroxyl groups is 1. The van der Waals surface area contributed by atoms with Crippen molar-refractivity contribution < 1.29 is 18.8 Å². The van der Waals surface area contributed by atoms with Crippen LogP contribution in [0.5, 0.6) is 5.75 Å². The smallest absolute Gasteiger partial charge is 0.251 e. The minimum Gasteiger partial charge on any atom is -0.492 e. The van der Waals surface area contributed by atoms with Crippen LogP contribution < -0.4 is 14.8 Å². The summed E-state index contributed by atoms with van der Waals surface area (Å²) in [4.78, 5) is 15.7. The van der Waals surface area contributed by atoms with E-state index in [1.165, 1.54) is 0 Å². The fourth-order valence-electron chi connectivity index (χ4n) is 4.46. The lowest BCUT2D eigenvalue weighted by molar-refractivity contribution is 0.0963. The van der Waals surface area contributed by atoms with Gasteiger partial charge in [-0.1, -0.05) is 30.3 Å². The lowest BCUT2D eigenvalue weighted by Crippen LogP contribution is -2.36. The van der Waals surface area contributed by atoms with E-state index < -0.39 is 17.0 Å². The van der Waals surface area contributed by atoms with Gasteiger partial charge in [-0.3, -0.25) is 4.79 Å². The Morgan fingerprint density at radius 2 is 1.94 bits per heavy atom. The van der Waals surface area contributed by atoms with E-state index in [4.69, 9.17) is 4.74 Å². The van der Waals surface area contributed by atoms with Gasteiger partial charge in [0.15, 0.2) is 0 Å². The summed E-state index contributed by atoms with van der Waals surface area (Å²) in [5, 5.41) is 13.7. The Hall–Kier alpha value is -3.46. The minimum absolute atomic E-state index is 0.143. The molecule has 0 aliphatic carbocycles. The highest BCUT2D eigenvalue weighted by Crippen LogP contribution is 2.36. The number of aromatic nitrogens is 1. The highest BCUT2D eigenvalue weighted by atomic mass is 32.2. The molecule has 2 heterocycles. The summed E-state index contributed by atoms with van der Waals surface area (Å²) in [5.41, 5.74) is 5.48. The summed E-state index contributed by atoms with van der Waals surface area (Å²) in [7, 11) is 0.00389. The number of amides is 1. The predicted octanol–water partition coefficient (Wildman–Crippen LogP) is 3.35. The van der Waals surface area contributed by atoms with Crippen LogP contribution in [0.2, 0.25) is 0 Å². The van der Waals surface area contributed by atoms with Crippen molar-refractivity contribution in [3.05, 3.63) is 83.6 Å². The monoisotopic (exact) mass is 489 g/mol. The second-order valence-electron chi connectivity index (χ2n) is 8.55. The third-order valence-corrected chi connectivity index (χ3v) is 7.54. The van der Waals surface area contributed by atoms with Gasteiger partial charge in [0.05, 0.1) is 18.1 Å². The van der Waals surface area contributed by atoms with Crippen LogP contribution in [0, 0.1) is 0 Å². The summed E-state index contributed by atoms with van der Waals surface area (Å²) < 4.78 is 22.4. The van der Waals surface area contributed by atoms with Crippen LogP contribution in [-0.4, -0.2) is 46.5 Å². The van der Waals surface area contributed by atoms with Crippen LogP contribution in [0.3, 0.4) is 0 Å². The van der Waals surface area contributed by atoms with E-state index in [0.29, 0.717) is 29.2 Å². The largest absolute Gasteiger partial charge is 0.492 e. The summed E-state index contributed by atoms with van der Waals surface area (Å²) in [6, 6.07) is 18.8. The first-order chi connectivity index (χ1) is 17.1. The van der Waals surface area contributed by atoms with Crippen molar-refractivity contribution in [2.75, 3.05) is 20.3 Å². The Labute approximate surface area is 206 Å². The molecule has 1 aromatic heterocycles. The number of benzene rings is 3. The molecule has 2 atom stereocenters. The van der Waals surface area contributed by atoms with Crippen molar-refractivity contribution in [2.45, 2.75) is 23.8 Å². The van der Waals surface area contributed by atoms with Gasteiger partial charge in [-0.05, 0) is 59.0 Å². The van der Waals surface area contributed by atoms with Crippen molar-refractivity contribution in [2.24, 2.45) is 0 Å². The maximum Gasteiger partial charge on any atom is 0.251 e. The Kier molecular flexibility index (Phi) is 6.68. The lowest BCUT2D eigenvalue weighted by Gasteiger charge is -2.17. The number of aromatic amines is 1. The molecule has 0 fully saturated rings. The van der Waals surface area contributed by atoms with Gasteiger partial charge >= 0.3 is 0 Å². The van der Waals surface area contributed by atoms with Crippen LogP contribution >= 0.6 is 0 Å². The number of carbonyl (C=O) groups excluding carboxylic acids is 1. The summed E-state index contributed by atoms with van der Waals surface area (Å²) >= 11 is 0. The molecule has 4 aromatic rings. The Bertz CT molecular complexity index is 1400. The van der Waals surface area contributed by atoms with Gasteiger partial charge in [0.25, 0.3) is 5.91 Å². The van der Waals surface area contributed by atoms with Gasteiger partial charge in [-0.15, -0.1) is 0 Å². The van der Waals surface area contributed by atoms with Crippen LogP contribution in [0.15, 0.2) is 71.8 Å². The van der Waals surface area contributed by atoms with Crippen LogP contribution in [0.25, 0.3) is 22.0 Å². The van der Waals surface area contributed by atoms with E-state index in [1.54, 1.807) is 19.2 Å². The normalized spacial score (nSPS) is 14.3. The quantitative estimate of drug-likeness (QED) is 0.305. The maximum atomic E-state index is 13.5. The predicted molar refractivity (Wildman–Crippen MR) is 137 cm³/mol. The number of aliphatic hydroxyl groups excluding tert-OH is 1. The lowest BCUT2D eigenvalue weighted by atomic mass is 10.0. The minimum atomic E-state index is -1.60. The number of para-hydroxylation sites is 1. The van der Waals surface area contributed by atoms with Crippen molar-refractivity contribution in [3.63, 3.8) is 0 Å². The molecule has 8 heteroatoms. The van der Waals surface area contributed by atoms with Crippen LogP contribution in [0.4, 0.5) is 0 Å². The van der Waals surface area contributed by atoms with Gasteiger partial charge in [0.2, 0.25) is 0 Å².